The minimum Gasteiger partial charge on any atom is -0.478 e. The monoisotopic (exact) mass is 229 g/mol. The van der Waals surface area contributed by atoms with E-state index in [9.17, 15) is 9.90 Å². The number of carboxylic acids is 1. The molecule has 0 fully saturated rings. The fraction of sp³-hybridized carbons (Fsp3) is 0.286. The molecule has 0 aliphatic heterocycles. The van der Waals surface area contributed by atoms with Gasteiger partial charge in [-0.25, -0.2) is 4.79 Å². The second-order valence-electron chi connectivity index (χ2n) is 4.19. The number of aromatic nitrogens is 1. The highest BCUT2D eigenvalue weighted by Gasteiger charge is 2.16. The topological polar surface area (TPSA) is 50.2 Å². The average molecular weight is 229 g/mol. The number of carboxylic acid groups (broad SMARTS) is 1. The Balaban J connectivity index is 2.97. The number of aryl methyl sites for hydroxylation is 2. The number of nitrogens with zero attached hydrogens (tertiary/aromatic N) is 1. The van der Waals surface area contributed by atoms with Crippen molar-refractivity contribution in [1.82, 2.24) is 4.98 Å². The number of pyridine rings is 1. The molecule has 0 saturated heterocycles. The normalized spacial score (nSPS) is 10.8. The molecule has 0 saturated carbocycles. The van der Waals surface area contributed by atoms with Crippen molar-refractivity contribution in [2.75, 3.05) is 0 Å². The van der Waals surface area contributed by atoms with Crippen LogP contribution in [0.15, 0.2) is 18.2 Å². The van der Waals surface area contributed by atoms with Crippen molar-refractivity contribution < 1.29 is 9.90 Å². The summed E-state index contributed by atoms with van der Waals surface area (Å²) in [5, 5.41) is 10.1. The fourth-order valence-electron chi connectivity index (χ4n) is 2.19. The summed E-state index contributed by atoms with van der Waals surface area (Å²) in [5.41, 5.74) is 3.84. The summed E-state index contributed by atoms with van der Waals surface area (Å²) in [4.78, 5) is 16.0. The van der Waals surface area contributed by atoms with Gasteiger partial charge in [0, 0.05) is 11.1 Å². The molecule has 3 nitrogen and oxygen atoms in total. The minimum absolute atomic E-state index is 0.385. The smallest absolute Gasteiger partial charge is 0.336 e. The maximum absolute atomic E-state index is 11.4. The first kappa shape index (κ1) is 11.6. The highest BCUT2D eigenvalue weighted by atomic mass is 16.4. The van der Waals surface area contributed by atoms with Crippen LogP contribution in [0.5, 0.6) is 0 Å². The molecule has 2 aromatic rings. The third-order valence-electron chi connectivity index (χ3n) is 3.11. The van der Waals surface area contributed by atoms with Crippen LogP contribution >= 0.6 is 0 Å². The summed E-state index contributed by atoms with van der Waals surface area (Å²) < 4.78 is 0. The van der Waals surface area contributed by atoms with Crippen LogP contribution in [0.2, 0.25) is 0 Å². The summed E-state index contributed by atoms with van der Waals surface area (Å²) in [7, 11) is 0. The Morgan fingerprint density at radius 1 is 1.35 bits per heavy atom. The third-order valence-corrected chi connectivity index (χ3v) is 3.11. The highest BCUT2D eigenvalue weighted by molar-refractivity contribution is 6.04. The van der Waals surface area contributed by atoms with Gasteiger partial charge in [-0.15, -0.1) is 0 Å². The van der Waals surface area contributed by atoms with Gasteiger partial charge in [0.15, 0.2) is 0 Å². The first-order valence-corrected chi connectivity index (χ1v) is 5.68. The molecule has 1 aromatic heterocycles. The van der Waals surface area contributed by atoms with E-state index in [-0.39, 0.29) is 0 Å². The number of hydrogen-bond acceptors (Lipinski definition) is 2. The largest absolute Gasteiger partial charge is 0.478 e. The van der Waals surface area contributed by atoms with Crippen molar-refractivity contribution in [2.45, 2.75) is 27.2 Å². The lowest BCUT2D eigenvalue weighted by Crippen LogP contribution is -2.06. The van der Waals surface area contributed by atoms with E-state index in [1.165, 1.54) is 0 Å². The standard InChI is InChI=1S/C14H15NO2/c1-4-11-9(3)12(14(16)17)10-7-5-6-8(2)13(10)15-11/h5-7H,4H2,1-3H3,(H,16,17). The van der Waals surface area contributed by atoms with E-state index >= 15 is 0 Å². The van der Waals surface area contributed by atoms with Crippen molar-refractivity contribution in [3.63, 3.8) is 0 Å². The van der Waals surface area contributed by atoms with Crippen LogP contribution in [0.3, 0.4) is 0 Å². The quantitative estimate of drug-likeness (QED) is 0.860. The van der Waals surface area contributed by atoms with E-state index in [1.807, 2.05) is 39.0 Å². The first-order valence-electron chi connectivity index (χ1n) is 5.68. The number of rotatable bonds is 2. The molecule has 0 unspecified atom stereocenters. The zero-order valence-corrected chi connectivity index (χ0v) is 10.2. The predicted molar refractivity (Wildman–Crippen MR) is 67.6 cm³/mol. The predicted octanol–water partition coefficient (Wildman–Crippen LogP) is 3.11. The molecule has 3 heteroatoms. The molecule has 0 radical (unpaired) electrons. The summed E-state index contributed by atoms with van der Waals surface area (Å²) in [6.07, 6.45) is 0.746. The van der Waals surface area contributed by atoms with Crippen molar-refractivity contribution in [3.05, 3.63) is 40.6 Å². The van der Waals surface area contributed by atoms with Crippen molar-refractivity contribution in [1.29, 1.82) is 0 Å². The maximum atomic E-state index is 11.4. The maximum Gasteiger partial charge on any atom is 0.336 e. The van der Waals surface area contributed by atoms with Gasteiger partial charge in [-0.2, -0.15) is 0 Å². The summed E-state index contributed by atoms with van der Waals surface area (Å²) in [6.45, 7) is 5.78. The van der Waals surface area contributed by atoms with Gasteiger partial charge in [-0.3, -0.25) is 4.98 Å². The van der Waals surface area contributed by atoms with Gasteiger partial charge in [-0.05, 0) is 31.4 Å². The second-order valence-corrected chi connectivity index (χ2v) is 4.19. The Hall–Kier alpha value is -1.90. The molecule has 0 aliphatic carbocycles. The molecule has 17 heavy (non-hydrogen) atoms. The van der Waals surface area contributed by atoms with Crippen LogP contribution in [0.25, 0.3) is 10.9 Å². The Morgan fingerprint density at radius 3 is 2.65 bits per heavy atom. The molecule has 0 atom stereocenters. The van der Waals surface area contributed by atoms with Gasteiger partial charge < -0.3 is 5.11 Å². The molecule has 1 aromatic carbocycles. The number of fused-ring (bicyclic) bond motifs is 1. The minimum atomic E-state index is -0.879. The summed E-state index contributed by atoms with van der Waals surface area (Å²) in [6, 6.07) is 5.65. The van der Waals surface area contributed by atoms with Gasteiger partial charge in [0.1, 0.15) is 0 Å². The molecular formula is C14H15NO2. The molecule has 0 bridgehead atoms. The summed E-state index contributed by atoms with van der Waals surface area (Å²) in [5.74, 6) is -0.879. The average Bonchev–Trinajstić information content (AvgIpc) is 2.28. The molecule has 88 valence electrons. The van der Waals surface area contributed by atoms with E-state index in [0.29, 0.717) is 5.56 Å². The molecule has 0 amide bonds. The van der Waals surface area contributed by atoms with Crippen LogP contribution in [0.4, 0.5) is 0 Å². The molecule has 0 aliphatic rings. The Kier molecular flexibility index (Phi) is 2.84. The lowest BCUT2D eigenvalue weighted by molar-refractivity contribution is 0.0698. The molecule has 2 rings (SSSR count). The van der Waals surface area contributed by atoms with Gasteiger partial charge in [0.05, 0.1) is 11.1 Å². The number of benzene rings is 1. The molecular weight excluding hydrogens is 214 g/mol. The third kappa shape index (κ3) is 1.78. The zero-order valence-electron chi connectivity index (χ0n) is 10.2. The van der Waals surface area contributed by atoms with Crippen LogP contribution in [-0.4, -0.2) is 16.1 Å². The SMILES string of the molecule is CCc1nc2c(C)cccc2c(C(=O)O)c1C. The molecule has 1 N–H and O–H groups in total. The van der Waals surface area contributed by atoms with E-state index in [1.54, 1.807) is 0 Å². The lowest BCUT2D eigenvalue weighted by Gasteiger charge is -2.11. The van der Waals surface area contributed by atoms with Crippen molar-refractivity contribution >= 4 is 16.9 Å². The lowest BCUT2D eigenvalue weighted by atomic mass is 9.98. The Labute approximate surface area is 100 Å². The highest BCUT2D eigenvalue weighted by Crippen LogP contribution is 2.25. The number of aromatic carboxylic acids is 1. The zero-order chi connectivity index (χ0) is 12.6. The number of hydrogen-bond donors (Lipinski definition) is 1. The van der Waals surface area contributed by atoms with E-state index in [2.05, 4.69) is 4.98 Å². The van der Waals surface area contributed by atoms with Gasteiger partial charge >= 0.3 is 5.97 Å². The Bertz CT molecular complexity index is 603. The number of carbonyl (C=O) groups is 1. The van der Waals surface area contributed by atoms with Gasteiger partial charge in [0.25, 0.3) is 0 Å². The number of para-hydroxylation sites is 1. The van der Waals surface area contributed by atoms with Crippen molar-refractivity contribution in [3.8, 4) is 0 Å². The second kappa shape index (κ2) is 4.17. The van der Waals surface area contributed by atoms with E-state index in [0.717, 1.165) is 34.1 Å². The van der Waals surface area contributed by atoms with Crippen LogP contribution in [-0.2, 0) is 6.42 Å². The van der Waals surface area contributed by atoms with E-state index < -0.39 is 5.97 Å². The van der Waals surface area contributed by atoms with Crippen LogP contribution in [0, 0.1) is 13.8 Å². The van der Waals surface area contributed by atoms with Gasteiger partial charge in [-0.1, -0.05) is 25.1 Å². The van der Waals surface area contributed by atoms with Crippen molar-refractivity contribution in [2.24, 2.45) is 0 Å². The van der Waals surface area contributed by atoms with Crippen LogP contribution in [0.1, 0.15) is 34.1 Å². The fourth-order valence-corrected chi connectivity index (χ4v) is 2.19. The van der Waals surface area contributed by atoms with Crippen LogP contribution < -0.4 is 0 Å². The summed E-state index contributed by atoms with van der Waals surface area (Å²) >= 11 is 0. The molecule has 0 spiro atoms. The van der Waals surface area contributed by atoms with Gasteiger partial charge in [0.2, 0.25) is 0 Å². The Morgan fingerprint density at radius 2 is 2.06 bits per heavy atom. The molecule has 1 heterocycles. The van der Waals surface area contributed by atoms with E-state index in [4.69, 9.17) is 0 Å². The first-order chi connectivity index (χ1) is 8.06.